The summed E-state index contributed by atoms with van der Waals surface area (Å²) in [4.78, 5) is 16.3. The highest BCUT2D eigenvalue weighted by Gasteiger charge is 2.11. The van der Waals surface area contributed by atoms with E-state index in [0.717, 1.165) is 5.56 Å². The van der Waals surface area contributed by atoms with Gasteiger partial charge in [-0.05, 0) is 12.5 Å². The average molecular weight is 242 g/mol. The Morgan fingerprint density at radius 3 is 2.78 bits per heavy atom. The molecule has 92 valence electrons. The molecule has 18 heavy (non-hydrogen) atoms. The van der Waals surface area contributed by atoms with Crippen molar-refractivity contribution in [2.75, 3.05) is 0 Å². The lowest BCUT2D eigenvalue weighted by Crippen LogP contribution is -2.17. The molecule has 0 aliphatic carbocycles. The Morgan fingerprint density at radius 1 is 1.28 bits per heavy atom. The molecular formula is C13H14N4O. The van der Waals surface area contributed by atoms with E-state index in [9.17, 15) is 4.79 Å². The summed E-state index contributed by atoms with van der Waals surface area (Å²) in [6, 6.07) is 10.0. The fraction of sp³-hybridized carbons (Fsp3) is 0.231. The Labute approximate surface area is 104 Å². The van der Waals surface area contributed by atoms with Crippen LogP contribution in [0.1, 0.15) is 12.5 Å². The number of imidazole rings is 1. The topological polar surface area (TPSA) is 55.6 Å². The average Bonchev–Trinajstić information content (AvgIpc) is 2.92. The maximum atomic E-state index is 12.1. The quantitative estimate of drug-likeness (QED) is 0.758. The number of hydrogen-bond acceptors (Lipinski definition) is 2. The molecule has 2 heterocycles. The minimum Gasteiger partial charge on any atom is -0.320 e. The van der Waals surface area contributed by atoms with Crippen LogP contribution in [0.5, 0.6) is 0 Å². The summed E-state index contributed by atoms with van der Waals surface area (Å²) in [5.41, 5.74) is 2.43. The molecule has 0 atom stereocenters. The zero-order valence-corrected chi connectivity index (χ0v) is 10.1. The largest absolute Gasteiger partial charge is 0.320 e. The van der Waals surface area contributed by atoms with E-state index in [0.29, 0.717) is 24.3 Å². The van der Waals surface area contributed by atoms with Crippen LogP contribution in [0.2, 0.25) is 0 Å². The van der Waals surface area contributed by atoms with Crippen LogP contribution in [-0.4, -0.2) is 19.3 Å². The molecule has 1 N–H and O–H groups in total. The third kappa shape index (κ3) is 1.64. The van der Waals surface area contributed by atoms with E-state index < -0.39 is 0 Å². The molecule has 5 nitrogen and oxygen atoms in total. The van der Waals surface area contributed by atoms with Crippen molar-refractivity contribution in [3.8, 4) is 0 Å². The number of rotatable bonds is 3. The number of benzene rings is 1. The van der Waals surface area contributed by atoms with E-state index in [4.69, 9.17) is 0 Å². The number of aryl methyl sites for hydroxylation is 1. The van der Waals surface area contributed by atoms with Gasteiger partial charge in [-0.3, -0.25) is 9.89 Å². The van der Waals surface area contributed by atoms with Crippen molar-refractivity contribution in [1.82, 2.24) is 19.3 Å². The van der Waals surface area contributed by atoms with Crippen molar-refractivity contribution in [3.05, 3.63) is 52.6 Å². The van der Waals surface area contributed by atoms with E-state index >= 15 is 0 Å². The second-order valence-electron chi connectivity index (χ2n) is 4.22. The number of nitrogens with zero attached hydrogens (tertiary/aromatic N) is 3. The fourth-order valence-corrected chi connectivity index (χ4v) is 2.12. The molecule has 0 aliphatic heterocycles. The number of hydrogen-bond donors (Lipinski definition) is 1. The molecule has 0 amide bonds. The van der Waals surface area contributed by atoms with Crippen LogP contribution in [0.4, 0.5) is 0 Å². The fourth-order valence-electron chi connectivity index (χ4n) is 2.12. The maximum absolute atomic E-state index is 12.1. The van der Waals surface area contributed by atoms with Gasteiger partial charge in [-0.2, -0.15) is 0 Å². The van der Waals surface area contributed by atoms with Gasteiger partial charge in [0.15, 0.2) is 11.2 Å². The van der Waals surface area contributed by atoms with Crippen molar-refractivity contribution >= 4 is 11.2 Å². The summed E-state index contributed by atoms with van der Waals surface area (Å²) in [7, 11) is 0. The summed E-state index contributed by atoms with van der Waals surface area (Å²) < 4.78 is 3.45. The molecule has 0 radical (unpaired) electrons. The molecule has 0 bridgehead atoms. The Bertz CT molecular complexity index is 720. The number of aromatic amines is 1. The molecule has 0 fully saturated rings. The van der Waals surface area contributed by atoms with Crippen LogP contribution < -0.4 is 5.56 Å². The molecule has 0 unspecified atom stereocenters. The van der Waals surface area contributed by atoms with Crippen molar-refractivity contribution in [2.45, 2.75) is 20.0 Å². The summed E-state index contributed by atoms with van der Waals surface area (Å²) in [5, 5.41) is 2.99. The minimum absolute atomic E-state index is 0.0130. The van der Waals surface area contributed by atoms with Gasteiger partial charge in [0.2, 0.25) is 0 Å². The monoisotopic (exact) mass is 242 g/mol. The second-order valence-corrected chi connectivity index (χ2v) is 4.22. The van der Waals surface area contributed by atoms with Crippen molar-refractivity contribution < 1.29 is 0 Å². The summed E-state index contributed by atoms with van der Waals surface area (Å²) in [6.07, 6.45) is 1.70. The molecule has 2 aromatic heterocycles. The Balaban J connectivity index is 2.07. The van der Waals surface area contributed by atoms with Gasteiger partial charge in [0.1, 0.15) is 0 Å². The SMILES string of the molecule is CCn1[nH]c2ncn(Cc3ccccc3)c2c1=O. The van der Waals surface area contributed by atoms with Crippen LogP contribution in [-0.2, 0) is 13.1 Å². The van der Waals surface area contributed by atoms with Crippen LogP contribution in [0.15, 0.2) is 41.5 Å². The lowest BCUT2D eigenvalue weighted by Gasteiger charge is -2.02. The third-order valence-electron chi connectivity index (χ3n) is 3.04. The third-order valence-corrected chi connectivity index (χ3v) is 3.04. The van der Waals surface area contributed by atoms with Crippen molar-refractivity contribution in [1.29, 1.82) is 0 Å². The van der Waals surface area contributed by atoms with E-state index in [1.54, 1.807) is 11.0 Å². The minimum atomic E-state index is -0.0130. The first-order valence-electron chi connectivity index (χ1n) is 5.97. The highest BCUT2D eigenvalue weighted by atomic mass is 16.1. The Kier molecular flexibility index (Phi) is 2.51. The first-order chi connectivity index (χ1) is 8.79. The van der Waals surface area contributed by atoms with Gasteiger partial charge >= 0.3 is 0 Å². The Hall–Kier alpha value is -2.30. The van der Waals surface area contributed by atoms with Gasteiger partial charge in [-0.15, -0.1) is 0 Å². The number of nitrogens with one attached hydrogen (secondary N) is 1. The van der Waals surface area contributed by atoms with Gasteiger partial charge in [0, 0.05) is 13.1 Å². The molecule has 5 heteroatoms. The lowest BCUT2D eigenvalue weighted by atomic mass is 10.2. The van der Waals surface area contributed by atoms with Crippen molar-refractivity contribution in [2.24, 2.45) is 0 Å². The van der Waals surface area contributed by atoms with E-state index in [1.165, 1.54) is 0 Å². The highest BCUT2D eigenvalue weighted by Crippen LogP contribution is 2.09. The van der Waals surface area contributed by atoms with Gasteiger partial charge in [0.05, 0.1) is 6.33 Å². The van der Waals surface area contributed by atoms with Crippen LogP contribution in [0.25, 0.3) is 11.2 Å². The molecular weight excluding hydrogens is 228 g/mol. The second kappa shape index (κ2) is 4.18. The van der Waals surface area contributed by atoms with Gasteiger partial charge in [-0.1, -0.05) is 30.3 Å². The lowest BCUT2D eigenvalue weighted by molar-refractivity contribution is 0.640. The summed E-state index contributed by atoms with van der Waals surface area (Å²) in [6.45, 7) is 3.22. The van der Waals surface area contributed by atoms with Gasteiger partial charge in [0.25, 0.3) is 5.56 Å². The summed E-state index contributed by atoms with van der Waals surface area (Å²) in [5.74, 6) is 0. The van der Waals surface area contributed by atoms with E-state index in [1.807, 2.05) is 41.8 Å². The molecule has 3 aromatic rings. The number of fused-ring (bicyclic) bond motifs is 1. The predicted octanol–water partition coefficient (Wildman–Crippen LogP) is 1.59. The summed E-state index contributed by atoms with van der Waals surface area (Å²) >= 11 is 0. The van der Waals surface area contributed by atoms with Crippen LogP contribution in [0, 0.1) is 0 Å². The molecule has 1 aromatic carbocycles. The van der Waals surface area contributed by atoms with Crippen molar-refractivity contribution in [3.63, 3.8) is 0 Å². The standard InChI is InChI=1S/C13H14N4O/c1-2-17-13(18)11-12(15-17)14-9-16(11)8-10-6-4-3-5-7-10/h3-7,9,15H,2,8H2,1H3. The number of H-pyrrole nitrogens is 1. The zero-order valence-electron chi connectivity index (χ0n) is 10.1. The molecule has 0 aliphatic rings. The van der Waals surface area contributed by atoms with Crippen LogP contribution >= 0.6 is 0 Å². The normalized spacial score (nSPS) is 11.2. The van der Waals surface area contributed by atoms with Crippen LogP contribution in [0.3, 0.4) is 0 Å². The predicted molar refractivity (Wildman–Crippen MR) is 69.6 cm³/mol. The Morgan fingerprint density at radius 2 is 2.06 bits per heavy atom. The zero-order chi connectivity index (χ0) is 12.5. The van der Waals surface area contributed by atoms with Gasteiger partial charge in [-0.25, -0.2) is 9.67 Å². The molecule has 3 rings (SSSR count). The molecule has 0 saturated heterocycles. The highest BCUT2D eigenvalue weighted by molar-refractivity contribution is 5.69. The first kappa shape index (κ1) is 10.8. The molecule has 0 saturated carbocycles. The smallest absolute Gasteiger partial charge is 0.292 e. The number of aromatic nitrogens is 4. The first-order valence-corrected chi connectivity index (χ1v) is 5.97. The van der Waals surface area contributed by atoms with Gasteiger partial charge < -0.3 is 4.57 Å². The van der Waals surface area contributed by atoms with E-state index in [-0.39, 0.29) is 5.56 Å². The molecule has 0 spiro atoms. The van der Waals surface area contributed by atoms with E-state index in [2.05, 4.69) is 10.1 Å². The maximum Gasteiger partial charge on any atom is 0.292 e.